The highest BCUT2D eigenvalue weighted by atomic mass is 15.2. The van der Waals surface area contributed by atoms with E-state index in [1.165, 1.54) is 24.8 Å². The quantitative estimate of drug-likeness (QED) is 0.761. The van der Waals surface area contributed by atoms with Crippen molar-refractivity contribution in [1.29, 1.82) is 0 Å². The molecule has 2 rings (SSSR count). The van der Waals surface area contributed by atoms with Crippen LogP contribution in [0.1, 0.15) is 31.7 Å². The number of nitrogens with zero attached hydrogens (tertiary/aromatic N) is 3. The molecule has 1 unspecified atom stereocenters. The van der Waals surface area contributed by atoms with E-state index in [4.69, 9.17) is 0 Å². The molecule has 0 amide bonds. The van der Waals surface area contributed by atoms with Gasteiger partial charge in [0.05, 0.1) is 6.20 Å². The molecular weight excluding hydrogens is 224 g/mol. The first kappa shape index (κ1) is 13.6. The summed E-state index contributed by atoms with van der Waals surface area (Å²) in [7, 11) is 4.18. The van der Waals surface area contributed by atoms with E-state index in [-0.39, 0.29) is 0 Å². The lowest BCUT2D eigenvalue weighted by Gasteiger charge is -2.24. The molecule has 0 aromatic carbocycles. The number of rotatable bonds is 8. The Hall–Kier alpha value is -0.870. The van der Waals surface area contributed by atoms with Gasteiger partial charge in [0, 0.05) is 37.9 Å². The molecule has 102 valence electrons. The molecule has 1 saturated carbocycles. The molecule has 1 heterocycles. The summed E-state index contributed by atoms with van der Waals surface area (Å²) in [5.41, 5.74) is 1.30. The van der Waals surface area contributed by atoms with Gasteiger partial charge in [0.2, 0.25) is 0 Å². The van der Waals surface area contributed by atoms with Crippen LogP contribution in [-0.2, 0) is 13.6 Å². The van der Waals surface area contributed by atoms with Gasteiger partial charge < -0.3 is 10.2 Å². The van der Waals surface area contributed by atoms with Crippen LogP contribution < -0.4 is 5.32 Å². The molecule has 0 saturated heterocycles. The number of likely N-dealkylation sites (N-methyl/N-ethyl adjacent to an activating group) is 1. The summed E-state index contributed by atoms with van der Waals surface area (Å²) in [6.45, 7) is 5.50. The van der Waals surface area contributed by atoms with E-state index >= 15 is 0 Å². The number of nitrogens with one attached hydrogen (secondary N) is 1. The molecule has 1 atom stereocenters. The summed E-state index contributed by atoms with van der Waals surface area (Å²) in [4.78, 5) is 2.41. The molecule has 0 radical (unpaired) electrons. The van der Waals surface area contributed by atoms with Crippen molar-refractivity contribution in [1.82, 2.24) is 20.0 Å². The fourth-order valence-corrected chi connectivity index (χ4v) is 2.47. The molecule has 1 fully saturated rings. The highest BCUT2D eigenvalue weighted by molar-refractivity contribution is 5.03. The molecule has 1 N–H and O–H groups in total. The lowest BCUT2D eigenvalue weighted by atomic mass is 10.1. The predicted octanol–water partition coefficient (Wildman–Crippen LogP) is 1.63. The largest absolute Gasteiger partial charge is 0.312 e. The van der Waals surface area contributed by atoms with Crippen molar-refractivity contribution in [3.05, 3.63) is 18.0 Å². The van der Waals surface area contributed by atoms with Gasteiger partial charge in [-0.05, 0) is 38.8 Å². The molecule has 0 spiro atoms. The third kappa shape index (κ3) is 4.10. The van der Waals surface area contributed by atoms with Crippen LogP contribution >= 0.6 is 0 Å². The Morgan fingerprint density at radius 3 is 2.89 bits per heavy atom. The number of aryl methyl sites for hydroxylation is 1. The molecule has 0 aliphatic heterocycles. The van der Waals surface area contributed by atoms with E-state index in [1.807, 2.05) is 17.9 Å². The van der Waals surface area contributed by atoms with Gasteiger partial charge in [-0.15, -0.1) is 0 Å². The van der Waals surface area contributed by atoms with Crippen molar-refractivity contribution in [3.8, 4) is 0 Å². The van der Waals surface area contributed by atoms with Crippen LogP contribution in [0.25, 0.3) is 0 Å². The Labute approximate surface area is 110 Å². The fourth-order valence-electron chi connectivity index (χ4n) is 2.47. The molecule has 4 heteroatoms. The molecule has 1 aliphatic carbocycles. The molecule has 18 heavy (non-hydrogen) atoms. The topological polar surface area (TPSA) is 33.1 Å². The zero-order valence-corrected chi connectivity index (χ0v) is 11.9. The Bertz CT molecular complexity index is 356. The third-order valence-corrected chi connectivity index (χ3v) is 3.57. The van der Waals surface area contributed by atoms with Crippen LogP contribution in [0, 0.1) is 5.92 Å². The second-order valence-corrected chi connectivity index (χ2v) is 5.62. The van der Waals surface area contributed by atoms with Gasteiger partial charge in [0.15, 0.2) is 0 Å². The molecule has 1 aromatic rings. The van der Waals surface area contributed by atoms with Crippen LogP contribution in [0.5, 0.6) is 0 Å². The minimum Gasteiger partial charge on any atom is -0.312 e. The smallest absolute Gasteiger partial charge is 0.0534 e. The average Bonchev–Trinajstić information content (AvgIpc) is 3.09. The maximum Gasteiger partial charge on any atom is 0.0534 e. The van der Waals surface area contributed by atoms with Gasteiger partial charge in [-0.2, -0.15) is 5.10 Å². The monoisotopic (exact) mass is 250 g/mol. The van der Waals surface area contributed by atoms with Gasteiger partial charge in [-0.1, -0.05) is 6.92 Å². The van der Waals surface area contributed by atoms with E-state index in [9.17, 15) is 0 Å². The average molecular weight is 250 g/mol. The predicted molar refractivity (Wildman–Crippen MR) is 74.3 cm³/mol. The van der Waals surface area contributed by atoms with Gasteiger partial charge in [0.1, 0.15) is 0 Å². The maximum absolute atomic E-state index is 4.22. The van der Waals surface area contributed by atoms with Crippen LogP contribution in [0.2, 0.25) is 0 Å². The van der Waals surface area contributed by atoms with Crippen LogP contribution in [0.3, 0.4) is 0 Å². The zero-order chi connectivity index (χ0) is 13.0. The minimum absolute atomic E-state index is 0.673. The van der Waals surface area contributed by atoms with Crippen LogP contribution in [-0.4, -0.2) is 40.9 Å². The van der Waals surface area contributed by atoms with Crippen LogP contribution in [0.15, 0.2) is 12.4 Å². The molecular formula is C14H26N4. The standard InChI is InChI=1S/C14H26N4/c1-4-7-15-14(13-5-6-13)11-17(2)9-12-8-16-18(3)10-12/h8,10,13-15H,4-7,9,11H2,1-3H3. The van der Waals surface area contributed by atoms with E-state index in [1.54, 1.807) is 0 Å². The first-order valence-electron chi connectivity index (χ1n) is 7.08. The second-order valence-electron chi connectivity index (χ2n) is 5.62. The van der Waals surface area contributed by atoms with Crippen molar-refractivity contribution >= 4 is 0 Å². The SMILES string of the molecule is CCCNC(CN(C)Cc1cnn(C)c1)C1CC1. The normalized spacial score (nSPS) is 17.3. The zero-order valence-electron chi connectivity index (χ0n) is 11.9. The Balaban J connectivity index is 1.78. The van der Waals surface area contributed by atoms with Crippen molar-refractivity contribution in [2.75, 3.05) is 20.1 Å². The second kappa shape index (κ2) is 6.34. The van der Waals surface area contributed by atoms with Crippen LogP contribution in [0.4, 0.5) is 0 Å². The van der Waals surface area contributed by atoms with Gasteiger partial charge in [0.25, 0.3) is 0 Å². The molecule has 4 nitrogen and oxygen atoms in total. The summed E-state index contributed by atoms with van der Waals surface area (Å²) < 4.78 is 1.87. The minimum atomic E-state index is 0.673. The summed E-state index contributed by atoms with van der Waals surface area (Å²) in [5, 5.41) is 7.91. The van der Waals surface area contributed by atoms with Gasteiger partial charge in [-0.3, -0.25) is 4.68 Å². The number of hydrogen-bond acceptors (Lipinski definition) is 3. The van der Waals surface area contributed by atoms with Gasteiger partial charge >= 0.3 is 0 Å². The van der Waals surface area contributed by atoms with Gasteiger partial charge in [-0.25, -0.2) is 0 Å². The van der Waals surface area contributed by atoms with E-state index in [2.05, 4.69) is 35.5 Å². The fraction of sp³-hybridized carbons (Fsp3) is 0.786. The molecule has 1 aromatic heterocycles. The summed E-state index contributed by atoms with van der Waals surface area (Å²) in [5.74, 6) is 0.910. The van der Waals surface area contributed by atoms with Crippen molar-refractivity contribution in [2.24, 2.45) is 13.0 Å². The van der Waals surface area contributed by atoms with Crippen molar-refractivity contribution in [3.63, 3.8) is 0 Å². The summed E-state index contributed by atoms with van der Waals surface area (Å²) in [6.07, 6.45) is 8.09. The number of aromatic nitrogens is 2. The van der Waals surface area contributed by atoms with E-state index < -0.39 is 0 Å². The van der Waals surface area contributed by atoms with E-state index in [0.717, 1.165) is 25.6 Å². The summed E-state index contributed by atoms with van der Waals surface area (Å²) in [6, 6.07) is 0.673. The maximum atomic E-state index is 4.22. The van der Waals surface area contributed by atoms with Crippen molar-refractivity contribution < 1.29 is 0 Å². The molecule has 1 aliphatic rings. The Morgan fingerprint density at radius 2 is 2.33 bits per heavy atom. The lowest BCUT2D eigenvalue weighted by Crippen LogP contribution is -2.41. The summed E-state index contributed by atoms with van der Waals surface area (Å²) >= 11 is 0. The first-order valence-corrected chi connectivity index (χ1v) is 7.08. The van der Waals surface area contributed by atoms with E-state index in [0.29, 0.717) is 6.04 Å². The highest BCUT2D eigenvalue weighted by Gasteiger charge is 2.31. The highest BCUT2D eigenvalue weighted by Crippen LogP contribution is 2.33. The first-order chi connectivity index (χ1) is 8.69. The Kier molecular flexibility index (Phi) is 4.78. The number of hydrogen-bond donors (Lipinski definition) is 1. The third-order valence-electron chi connectivity index (χ3n) is 3.57. The van der Waals surface area contributed by atoms with Crippen molar-refractivity contribution in [2.45, 2.75) is 38.8 Å². The Morgan fingerprint density at radius 1 is 1.56 bits per heavy atom. The molecule has 0 bridgehead atoms. The lowest BCUT2D eigenvalue weighted by molar-refractivity contribution is 0.267.